The van der Waals surface area contributed by atoms with Crippen molar-refractivity contribution in [2.24, 2.45) is 10.4 Å². The molecule has 0 radical (unpaired) electrons. The molecule has 1 fully saturated rings. The summed E-state index contributed by atoms with van der Waals surface area (Å²) in [4.78, 5) is 11.0. The van der Waals surface area contributed by atoms with Crippen molar-refractivity contribution in [3.8, 4) is 0 Å². The van der Waals surface area contributed by atoms with Crippen molar-refractivity contribution >= 4 is 17.3 Å². The van der Waals surface area contributed by atoms with E-state index in [-0.39, 0.29) is 5.54 Å². The Bertz CT molecular complexity index is 588. The number of fused-ring (bicyclic) bond motifs is 1. The number of hydrogen-bond acceptors (Lipinski definition) is 3. The smallest absolute Gasteiger partial charge is 0.194 e. The SMILES string of the molecule is CN=C(NCCN1CCc2sccc2C1)N1CC(C)(C)C1(C)C. The molecule has 3 rings (SSSR count). The molecular formula is C18H30N4S. The van der Waals surface area contributed by atoms with Crippen LogP contribution in [0.1, 0.15) is 38.1 Å². The van der Waals surface area contributed by atoms with Gasteiger partial charge in [-0.15, -0.1) is 11.3 Å². The number of hydrogen-bond donors (Lipinski definition) is 1. The molecule has 5 heteroatoms. The van der Waals surface area contributed by atoms with E-state index in [2.05, 4.69) is 59.3 Å². The van der Waals surface area contributed by atoms with Crippen LogP contribution < -0.4 is 5.32 Å². The third-order valence-corrected chi connectivity index (χ3v) is 6.97. The second-order valence-corrected chi connectivity index (χ2v) is 8.90. The van der Waals surface area contributed by atoms with Crippen molar-refractivity contribution in [3.63, 3.8) is 0 Å². The maximum Gasteiger partial charge on any atom is 0.194 e. The van der Waals surface area contributed by atoms with Gasteiger partial charge in [0.15, 0.2) is 5.96 Å². The van der Waals surface area contributed by atoms with Crippen LogP contribution in [0.2, 0.25) is 0 Å². The molecule has 1 N–H and O–H groups in total. The van der Waals surface area contributed by atoms with Gasteiger partial charge in [0.25, 0.3) is 0 Å². The molecule has 0 bridgehead atoms. The van der Waals surface area contributed by atoms with E-state index in [9.17, 15) is 0 Å². The second-order valence-electron chi connectivity index (χ2n) is 7.90. The minimum atomic E-state index is 0.158. The van der Waals surface area contributed by atoms with Crippen LogP contribution >= 0.6 is 11.3 Å². The summed E-state index contributed by atoms with van der Waals surface area (Å²) in [6.07, 6.45) is 1.20. The zero-order chi connectivity index (χ0) is 16.7. The van der Waals surface area contributed by atoms with E-state index in [4.69, 9.17) is 0 Å². The van der Waals surface area contributed by atoms with Crippen LogP contribution in [0, 0.1) is 5.41 Å². The van der Waals surface area contributed by atoms with Crippen molar-refractivity contribution in [1.29, 1.82) is 0 Å². The Morgan fingerprint density at radius 1 is 1.35 bits per heavy atom. The third kappa shape index (κ3) is 3.01. The molecule has 4 nitrogen and oxygen atoms in total. The van der Waals surface area contributed by atoms with Gasteiger partial charge in [0.1, 0.15) is 0 Å². The number of nitrogens with zero attached hydrogens (tertiary/aromatic N) is 3. The molecule has 0 aliphatic carbocycles. The van der Waals surface area contributed by atoms with Crippen molar-refractivity contribution < 1.29 is 0 Å². The normalized spacial score (nSPS) is 23.3. The topological polar surface area (TPSA) is 30.9 Å². The first-order valence-corrected chi connectivity index (χ1v) is 9.49. The molecule has 0 atom stereocenters. The molecule has 0 saturated carbocycles. The Balaban J connectivity index is 1.49. The Kier molecular flexibility index (Phi) is 4.45. The fraction of sp³-hybridized carbons (Fsp3) is 0.722. The highest BCUT2D eigenvalue weighted by molar-refractivity contribution is 7.10. The number of nitrogens with one attached hydrogen (secondary N) is 1. The molecule has 3 heterocycles. The predicted octanol–water partition coefficient (Wildman–Crippen LogP) is 2.80. The van der Waals surface area contributed by atoms with E-state index < -0.39 is 0 Å². The zero-order valence-electron chi connectivity index (χ0n) is 15.1. The monoisotopic (exact) mass is 334 g/mol. The van der Waals surface area contributed by atoms with Crippen LogP contribution in [0.4, 0.5) is 0 Å². The molecule has 1 aromatic rings. The van der Waals surface area contributed by atoms with Gasteiger partial charge in [-0.25, -0.2) is 0 Å². The fourth-order valence-corrected chi connectivity index (χ4v) is 4.41. The summed E-state index contributed by atoms with van der Waals surface area (Å²) < 4.78 is 0. The molecule has 0 aromatic carbocycles. The van der Waals surface area contributed by atoms with Crippen LogP contribution in [0.5, 0.6) is 0 Å². The molecule has 128 valence electrons. The summed E-state index contributed by atoms with van der Waals surface area (Å²) in [7, 11) is 1.89. The number of likely N-dealkylation sites (tertiary alicyclic amines) is 1. The third-order valence-electron chi connectivity index (χ3n) is 5.95. The number of thiophene rings is 1. The lowest BCUT2D eigenvalue weighted by molar-refractivity contribution is -0.0667. The average molecular weight is 335 g/mol. The molecule has 0 spiro atoms. The molecule has 1 aromatic heterocycles. The van der Waals surface area contributed by atoms with Gasteiger partial charge in [0, 0.05) is 55.6 Å². The lowest BCUT2D eigenvalue weighted by Gasteiger charge is -2.62. The van der Waals surface area contributed by atoms with Gasteiger partial charge in [0.05, 0.1) is 0 Å². The molecule has 0 amide bonds. The summed E-state index contributed by atoms with van der Waals surface area (Å²) in [5.74, 6) is 1.04. The zero-order valence-corrected chi connectivity index (χ0v) is 16.0. The Morgan fingerprint density at radius 3 is 2.78 bits per heavy atom. The van der Waals surface area contributed by atoms with Gasteiger partial charge in [-0.1, -0.05) is 13.8 Å². The van der Waals surface area contributed by atoms with Crippen LogP contribution in [-0.2, 0) is 13.0 Å². The molecule has 23 heavy (non-hydrogen) atoms. The first-order valence-electron chi connectivity index (χ1n) is 8.61. The highest BCUT2D eigenvalue weighted by atomic mass is 32.1. The van der Waals surface area contributed by atoms with Gasteiger partial charge < -0.3 is 10.2 Å². The molecule has 0 unspecified atom stereocenters. The standard InChI is InChI=1S/C18H30N4S/c1-17(2)13-22(18(17,3)4)16(19-5)20-8-10-21-9-6-15-14(12-21)7-11-23-15/h7,11H,6,8-10,12-13H2,1-5H3,(H,19,20). The summed E-state index contributed by atoms with van der Waals surface area (Å²) in [5.41, 5.74) is 2.02. The van der Waals surface area contributed by atoms with Crippen molar-refractivity contribution in [1.82, 2.24) is 15.1 Å². The van der Waals surface area contributed by atoms with Gasteiger partial charge in [-0.3, -0.25) is 9.89 Å². The van der Waals surface area contributed by atoms with E-state index in [1.807, 2.05) is 18.4 Å². The maximum atomic E-state index is 4.50. The summed E-state index contributed by atoms with van der Waals surface area (Å²) in [5, 5.41) is 5.79. The molecule has 2 aliphatic rings. The summed E-state index contributed by atoms with van der Waals surface area (Å²) in [6.45, 7) is 14.7. The van der Waals surface area contributed by atoms with Gasteiger partial charge in [0.2, 0.25) is 0 Å². The highest BCUT2D eigenvalue weighted by Crippen LogP contribution is 2.46. The van der Waals surface area contributed by atoms with E-state index >= 15 is 0 Å². The first-order chi connectivity index (χ1) is 10.8. The van der Waals surface area contributed by atoms with Crippen LogP contribution in [0.3, 0.4) is 0 Å². The molecular weight excluding hydrogens is 304 g/mol. The average Bonchev–Trinajstić information content (AvgIpc) is 2.97. The van der Waals surface area contributed by atoms with E-state index in [0.717, 1.165) is 32.1 Å². The van der Waals surface area contributed by atoms with Crippen LogP contribution in [-0.4, -0.2) is 54.5 Å². The molecule has 1 saturated heterocycles. The van der Waals surface area contributed by atoms with Crippen molar-refractivity contribution in [2.45, 2.75) is 46.2 Å². The van der Waals surface area contributed by atoms with Crippen molar-refractivity contribution in [3.05, 3.63) is 21.9 Å². The van der Waals surface area contributed by atoms with Crippen LogP contribution in [0.15, 0.2) is 16.4 Å². The minimum Gasteiger partial charge on any atom is -0.355 e. The van der Waals surface area contributed by atoms with Gasteiger partial charge >= 0.3 is 0 Å². The van der Waals surface area contributed by atoms with Gasteiger partial charge in [-0.2, -0.15) is 0 Å². The summed E-state index contributed by atoms with van der Waals surface area (Å²) >= 11 is 1.91. The minimum absolute atomic E-state index is 0.158. The van der Waals surface area contributed by atoms with E-state index in [1.165, 1.54) is 18.5 Å². The van der Waals surface area contributed by atoms with Crippen LogP contribution in [0.25, 0.3) is 0 Å². The van der Waals surface area contributed by atoms with Crippen molar-refractivity contribution in [2.75, 3.05) is 33.2 Å². The lowest BCUT2D eigenvalue weighted by Crippen LogP contribution is -2.72. The van der Waals surface area contributed by atoms with Gasteiger partial charge in [-0.05, 0) is 37.3 Å². The number of rotatable bonds is 3. The number of aliphatic imine (C=N–C) groups is 1. The molecule has 2 aliphatic heterocycles. The lowest BCUT2D eigenvalue weighted by atomic mass is 9.65. The maximum absolute atomic E-state index is 4.50. The van der Waals surface area contributed by atoms with E-state index in [0.29, 0.717) is 5.41 Å². The summed E-state index contributed by atoms with van der Waals surface area (Å²) in [6, 6.07) is 2.28. The Labute approximate surface area is 144 Å². The Morgan fingerprint density at radius 2 is 2.13 bits per heavy atom. The predicted molar refractivity (Wildman–Crippen MR) is 99.2 cm³/mol. The van der Waals surface area contributed by atoms with E-state index in [1.54, 1.807) is 4.88 Å². The second kappa shape index (κ2) is 6.10. The fourth-order valence-electron chi connectivity index (χ4n) is 3.52. The first kappa shape index (κ1) is 16.8. The Hall–Kier alpha value is -1.07. The highest BCUT2D eigenvalue weighted by Gasteiger charge is 2.53. The largest absolute Gasteiger partial charge is 0.355 e. The quantitative estimate of drug-likeness (QED) is 0.681. The number of guanidine groups is 1.